The highest BCUT2D eigenvalue weighted by Crippen LogP contribution is 2.11. The summed E-state index contributed by atoms with van der Waals surface area (Å²) in [4.78, 5) is 26.6. The molecule has 0 spiro atoms. The van der Waals surface area contributed by atoms with Crippen LogP contribution in [0.5, 0.6) is 0 Å². The van der Waals surface area contributed by atoms with Crippen LogP contribution in [0.25, 0.3) is 6.08 Å². The molecular weight excluding hydrogens is 300 g/mol. The fourth-order valence-corrected chi connectivity index (χ4v) is 2.49. The second-order valence-corrected chi connectivity index (χ2v) is 5.63. The Hall–Kier alpha value is -2.35. The SMILES string of the molecule is Cc1[nH]cnc1CSCCNC(=O)C=Cc1cnc(N)nc1. The molecule has 0 saturated heterocycles. The van der Waals surface area contributed by atoms with Crippen LogP contribution in [0.3, 0.4) is 0 Å². The number of hydrogen-bond acceptors (Lipinski definition) is 6. The van der Waals surface area contributed by atoms with Gasteiger partial charge in [0.25, 0.3) is 0 Å². The molecule has 116 valence electrons. The minimum Gasteiger partial charge on any atom is -0.368 e. The van der Waals surface area contributed by atoms with Gasteiger partial charge in [-0.3, -0.25) is 4.79 Å². The maximum atomic E-state index is 11.6. The van der Waals surface area contributed by atoms with Gasteiger partial charge in [-0.25, -0.2) is 15.0 Å². The molecule has 0 radical (unpaired) electrons. The van der Waals surface area contributed by atoms with Crippen molar-refractivity contribution >= 4 is 29.7 Å². The Morgan fingerprint density at radius 2 is 2.18 bits per heavy atom. The zero-order chi connectivity index (χ0) is 15.8. The topological polar surface area (TPSA) is 110 Å². The van der Waals surface area contributed by atoms with Gasteiger partial charge < -0.3 is 16.0 Å². The zero-order valence-electron chi connectivity index (χ0n) is 12.2. The number of amides is 1. The van der Waals surface area contributed by atoms with Crippen LogP contribution in [0, 0.1) is 6.92 Å². The second-order valence-electron chi connectivity index (χ2n) is 4.53. The molecule has 4 N–H and O–H groups in total. The van der Waals surface area contributed by atoms with Crippen LogP contribution in [-0.2, 0) is 10.5 Å². The van der Waals surface area contributed by atoms with E-state index >= 15 is 0 Å². The standard InChI is InChI=1S/C14H18N6OS/c1-10-12(20-9-19-10)8-22-5-4-16-13(21)3-2-11-6-17-14(15)18-7-11/h2-3,6-7,9H,4-5,8H2,1H3,(H,16,21)(H,19,20)(H2,15,17,18). The average Bonchev–Trinajstić information content (AvgIpc) is 2.92. The lowest BCUT2D eigenvalue weighted by atomic mass is 10.3. The first-order valence-corrected chi connectivity index (χ1v) is 7.90. The molecule has 0 bridgehead atoms. The molecule has 0 aromatic carbocycles. The summed E-state index contributed by atoms with van der Waals surface area (Å²) < 4.78 is 0. The van der Waals surface area contributed by atoms with Crippen LogP contribution in [0.15, 0.2) is 24.8 Å². The first kappa shape index (κ1) is 16.0. The van der Waals surface area contributed by atoms with Crippen LogP contribution in [0.2, 0.25) is 0 Å². The number of nitrogen functional groups attached to an aromatic ring is 1. The number of carbonyl (C=O) groups is 1. The van der Waals surface area contributed by atoms with Crippen molar-refractivity contribution in [2.75, 3.05) is 18.0 Å². The summed E-state index contributed by atoms with van der Waals surface area (Å²) in [6.07, 6.45) is 7.92. The Bertz CT molecular complexity index is 637. The van der Waals surface area contributed by atoms with Crippen LogP contribution in [0.4, 0.5) is 5.95 Å². The van der Waals surface area contributed by atoms with Crippen LogP contribution < -0.4 is 11.1 Å². The molecule has 8 heteroatoms. The number of nitrogens with two attached hydrogens (primary N) is 1. The van der Waals surface area contributed by atoms with Crippen molar-refractivity contribution in [3.05, 3.63) is 41.7 Å². The smallest absolute Gasteiger partial charge is 0.244 e. The third kappa shape index (κ3) is 5.21. The number of carbonyl (C=O) groups excluding carboxylic acids is 1. The molecule has 0 fully saturated rings. The number of thioether (sulfide) groups is 1. The molecule has 0 aliphatic rings. The normalized spacial score (nSPS) is 11.0. The summed E-state index contributed by atoms with van der Waals surface area (Å²) in [5.41, 5.74) is 8.26. The van der Waals surface area contributed by atoms with Gasteiger partial charge in [0.15, 0.2) is 0 Å². The summed E-state index contributed by atoms with van der Waals surface area (Å²) in [6, 6.07) is 0. The fraction of sp³-hybridized carbons (Fsp3) is 0.286. The lowest BCUT2D eigenvalue weighted by molar-refractivity contribution is -0.116. The van der Waals surface area contributed by atoms with Gasteiger partial charge in [0.05, 0.1) is 12.0 Å². The van der Waals surface area contributed by atoms with Crippen molar-refractivity contribution < 1.29 is 4.79 Å². The van der Waals surface area contributed by atoms with E-state index in [1.54, 1.807) is 36.6 Å². The monoisotopic (exact) mass is 318 g/mol. The molecule has 0 aliphatic heterocycles. The highest BCUT2D eigenvalue weighted by Gasteiger charge is 2.01. The van der Waals surface area contributed by atoms with Crippen LogP contribution in [0.1, 0.15) is 17.0 Å². The van der Waals surface area contributed by atoms with Crippen molar-refractivity contribution in [2.24, 2.45) is 0 Å². The Balaban J connectivity index is 1.63. The molecule has 0 saturated carbocycles. The summed E-state index contributed by atoms with van der Waals surface area (Å²) in [5.74, 6) is 1.74. The number of anilines is 1. The number of hydrogen-bond donors (Lipinski definition) is 3. The van der Waals surface area contributed by atoms with Gasteiger partial charge in [0, 0.05) is 47.8 Å². The Labute approximate surface area is 132 Å². The van der Waals surface area contributed by atoms with Gasteiger partial charge in [0.2, 0.25) is 11.9 Å². The molecule has 1 amide bonds. The van der Waals surface area contributed by atoms with Crippen molar-refractivity contribution in [1.29, 1.82) is 0 Å². The number of aryl methyl sites for hydroxylation is 1. The van der Waals surface area contributed by atoms with Gasteiger partial charge in [-0.15, -0.1) is 0 Å². The van der Waals surface area contributed by atoms with Crippen molar-refractivity contribution in [2.45, 2.75) is 12.7 Å². The predicted octanol–water partition coefficient (Wildman–Crippen LogP) is 1.15. The van der Waals surface area contributed by atoms with E-state index < -0.39 is 0 Å². The van der Waals surface area contributed by atoms with E-state index in [1.165, 1.54) is 6.08 Å². The summed E-state index contributed by atoms with van der Waals surface area (Å²) in [5, 5.41) is 2.82. The van der Waals surface area contributed by atoms with Crippen molar-refractivity contribution in [3.8, 4) is 0 Å². The third-order valence-corrected chi connectivity index (χ3v) is 3.81. The van der Waals surface area contributed by atoms with Gasteiger partial charge >= 0.3 is 0 Å². The van der Waals surface area contributed by atoms with Crippen molar-refractivity contribution in [1.82, 2.24) is 25.3 Å². The van der Waals surface area contributed by atoms with E-state index in [9.17, 15) is 4.79 Å². The molecule has 7 nitrogen and oxygen atoms in total. The predicted molar refractivity (Wildman–Crippen MR) is 88.0 cm³/mol. The van der Waals surface area contributed by atoms with Gasteiger partial charge in [-0.05, 0) is 13.0 Å². The Morgan fingerprint density at radius 1 is 1.41 bits per heavy atom. The molecular formula is C14H18N6OS. The molecule has 22 heavy (non-hydrogen) atoms. The summed E-state index contributed by atoms with van der Waals surface area (Å²) >= 11 is 1.73. The van der Waals surface area contributed by atoms with Gasteiger partial charge in [0.1, 0.15) is 0 Å². The first-order valence-electron chi connectivity index (χ1n) is 6.75. The summed E-state index contributed by atoms with van der Waals surface area (Å²) in [7, 11) is 0. The quantitative estimate of drug-likeness (QED) is 0.522. The third-order valence-electron chi connectivity index (χ3n) is 2.84. The number of nitrogens with zero attached hydrogens (tertiary/aromatic N) is 3. The number of aromatic nitrogens is 4. The second kappa shape index (κ2) is 8.18. The van der Waals surface area contributed by atoms with Gasteiger partial charge in [-0.1, -0.05) is 0 Å². The lowest BCUT2D eigenvalue weighted by Crippen LogP contribution is -2.23. The fourth-order valence-electron chi connectivity index (χ4n) is 1.61. The average molecular weight is 318 g/mol. The number of imidazole rings is 1. The minimum absolute atomic E-state index is 0.145. The van der Waals surface area contributed by atoms with Crippen molar-refractivity contribution in [3.63, 3.8) is 0 Å². The lowest BCUT2D eigenvalue weighted by Gasteiger charge is -2.02. The van der Waals surface area contributed by atoms with E-state index in [1.807, 2.05) is 6.92 Å². The maximum Gasteiger partial charge on any atom is 0.244 e. The Morgan fingerprint density at radius 3 is 2.86 bits per heavy atom. The largest absolute Gasteiger partial charge is 0.368 e. The van der Waals surface area contributed by atoms with E-state index in [-0.39, 0.29) is 11.9 Å². The maximum absolute atomic E-state index is 11.6. The van der Waals surface area contributed by atoms with E-state index in [2.05, 4.69) is 25.3 Å². The summed E-state index contributed by atoms with van der Waals surface area (Å²) in [6.45, 7) is 2.60. The molecule has 2 aromatic heterocycles. The minimum atomic E-state index is -0.145. The van der Waals surface area contributed by atoms with E-state index in [0.717, 1.165) is 28.5 Å². The van der Waals surface area contributed by atoms with E-state index in [0.29, 0.717) is 6.54 Å². The zero-order valence-corrected chi connectivity index (χ0v) is 13.1. The van der Waals surface area contributed by atoms with Crippen LogP contribution in [-0.4, -0.2) is 38.1 Å². The number of nitrogens with one attached hydrogen (secondary N) is 2. The highest BCUT2D eigenvalue weighted by atomic mass is 32.2. The van der Waals surface area contributed by atoms with Crippen LogP contribution >= 0.6 is 11.8 Å². The molecule has 2 aromatic rings. The van der Waals surface area contributed by atoms with E-state index in [4.69, 9.17) is 5.73 Å². The number of aromatic amines is 1. The molecule has 0 aliphatic carbocycles. The molecule has 0 unspecified atom stereocenters. The molecule has 0 atom stereocenters. The number of H-pyrrole nitrogens is 1. The Kier molecular flexibility index (Phi) is 5.96. The highest BCUT2D eigenvalue weighted by molar-refractivity contribution is 7.98. The molecule has 2 heterocycles. The first-order chi connectivity index (χ1) is 10.6. The van der Waals surface area contributed by atoms with Gasteiger partial charge in [-0.2, -0.15) is 11.8 Å². The number of rotatable bonds is 7. The molecule has 2 rings (SSSR count).